The van der Waals surface area contributed by atoms with Gasteiger partial charge >= 0.3 is 0 Å². The quantitative estimate of drug-likeness (QED) is 0.708. The van der Waals surface area contributed by atoms with Gasteiger partial charge < -0.3 is 15.1 Å². The minimum absolute atomic E-state index is 0.857. The topological polar surface area (TPSA) is 18.5 Å². The maximum absolute atomic E-state index is 3.65. The Morgan fingerprint density at radius 3 is 2.69 bits per heavy atom. The van der Waals surface area contributed by atoms with Crippen LogP contribution in [0.2, 0.25) is 0 Å². The summed E-state index contributed by atoms with van der Waals surface area (Å²) in [5, 5.41) is 3.65. The van der Waals surface area contributed by atoms with Gasteiger partial charge in [-0.1, -0.05) is 6.42 Å². The lowest BCUT2D eigenvalue weighted by atomic mass is 9.93. The first-order chi connectivity index (χ1) is 7.84. The Hall–Kier alpha value is -0.120. The normalized spacial score (nSPS) is 25.3. The Morgan fingerprint density at radius 1 is 1.06 bits per heavy atom. The van der Waals surface area contributed by atoms with Crippen LogP contribution in [0, 0.1) is 0 Å². The summed E-state index contributed by atoms with van der Waals surface area (Å²) in [6.07, 6.45) is 6.92. The van der Waals surface area contributed by atoms with Gasteiger partial charge in [0.2, 0.25) is 0 Å². The minimum atomic E-state index is 0.857. The van der Waals surface area contributed by atoms with Crippen LogP contribution in [-0.2, 0) is 0 Å². The van der Waals surface area contributed by atoms with Gasteiger partial charge in [-0.3, -0.25) is 0 Å². The molecule has 0 aromatic heterocycles. The van der Waals surface area contributed by atoms with E-state index >= 15 is 0 Å². The summed E-state index contributed by atoms with van der Waals surface area (Å²) >= 11 is 0. The van der Waals surface area contributed by atoms with Crippen LogP contribution in [-0.4, -0.2) is 62.2 Å². The van der Waals surface area contributed by atoms with Crippen molar-refractivity contribution in [2.24, 2.45) is 0 Å². The van der Waals surface area contributed by atoms with Gasteiger partial charge in [0.05, 0.1) is 0 Å². The average Bonchev–Trinajstić information content (AvgIpc) is 2.41. The molecule has 1 aliphatic carbocycles. The van der Waals surface area contributed by atoms with Gasteiger partial charge in [-0.05, 0) is 58.9 Å². The van der Waals surface area contributed by atoms with Gasteiger partial charge in [-0.2, -0.15) is 0 Å². The van der Waals surface area contributed by atoms with Gasteiger partial charge in [-0.25, -0.2) is 0 Å². The van der Waals surface area contributed by atoms with E-state index in [9.17, 15) is 0 Å². The molecule has 1 saturated heterocycles. The molecule has 0 amide bonds. The smallest absolute Gasteiger partial charge is 0.0109 e. The summed E-state index contributed by atoms with van der Waals surface area (Å²) in [7, 11) is 2.24. The molecule has 0 bridgehead atoms. The highest BCUT2D eigenvalue weighted by atomic mass is 15.2. The number of nitrogens with zero attached hydrogens (tertiary/aromatic N) is 2. The number of nitrogens with one attached hydrogen (secondary N) is 1. The molecule has 0 aromatic carbocycles. The van der Waals surface area contributed by atoms with E-state index in [0.717, 1.165) is 6.04 Å². The molecule has 2 rings (SSSR count). The Kier molecular flexibility index (Phi) is 5.07. The van der Waals surface area contributed by atoms with Crippen LogP contribution in [0.3, 0.4) is 0 Å². The van der Waals surface area contributed by atoms with E-state index < -0.39 is 0 Å². The fourth-order valence-corrected chi connectivity index (χ4v) is 2.54. The zero-order valence-electron chi connectivity index (χ0n) is 10.7. The van der Waals surface area contributed by atoms with Crippen LogP contribution in [0.25, 0.3) is 0 Å². The third-order valence-corrected chi connectivity index (χ3v) is 4.00. The third kappa shape index (κ3) is 4.04. The highest BCUT2D eigenvalue weighted by Gasteiger charge is 2.16. The van der Waals surface area contributed by atoms with Crippen molar-refractivity contribution in [1.82, 2.24) is 15.1 Å². The van der Waals surface area contributed by atoms with Crippen LogP contribution in [0.15, 0.2) is 0 Å². The second kappa shape index (κ2) is 6.58. The van der Waals surface area contributed by atoms with Gasteiger partial charge in [-0.15, -0.1) is 0 Å². The summed E-state index contributed by atoms with van der Waals surface area (Å²) in [6.45, 7) is 7.59. The van der Waals surface area contributed by atoms with Crippen molar-refractivity contribution in [2.45, 2.75) is 38.1 Å². The van der Waals surface area contributed by atoms with E-state index in [1.165, 1.54) is 71.4 Å². The lowest BCUT2D eigenvalue weighted by molar-refractivity contribution is 0.264. The van der Waals surface area contributed by atoms with Gasteiger partial charge in [0, 0.05) is 19.1 Å². The molecule has 3 heteroatoms. The van der Waals surface area contributed by atoms with Crippen molar-refractivity contribution in [3.05, 3.63) is 0 Å². The van der Waals surface area contributed by atoms with Gasteiger partial charge in [0.25, 0.3) is 0 Å². The Labute approximate surface area is 100 Å². The van der Waals surface area contributed by atoms with E-state index in [1.54, 1.807) is 0 Å². The first-order valence-electron chi connectivity index (χ1n) is 6.99. The molecule has 2 aliphatic rings. The van der Waals surface area contributed by atoms with Crippen molar-refractivity contribution < 1.29 is 0 Å². The van der Waals surface area contributed by atoms with Crippen molar-refractivity contribution in [2.75, 3.05) is 46.3 Å². The predicted molar refractivity (Wildman–Crippen MR) is 68.8 cm³/mol. The Balaban J connectivity index is 1.51. The molecule has 1 N–H and O–H groups in total. The fraction of sp³-hybridized carbons (Fsp3) is 1.00. The zero-order valence-corrected chi connectivity index (χ0v) is 10.7. The van der Waals surface area contributed by atoms with Crippen LogP contribution in [0.4, 0.5) is 0 Å². The third-order valence-electron chi connectivity index (χ3n) is 4.00. The summed E-state index contributed by atoms with van der Waals surface area (Å²) < 4.78 is 0. The highest BCUT2D eigenvalue weighted by molar-refractivity contribution is 4.76. The van der Waals surface area contributed by atoms with Crippen molar-refractivity contribution in [1.29, 1.82) is 0 Å². The number of hydrogen-bond donors (Lipinski definition) is 1. The Morgan fingerprint density at radius 2 is 1.94 bits per heavy atom. The average molecular weight is 225 g/mol. The Bertz CT molecular complexity index is 192. The molecular weight excluding hydrogens is 198 g/mol. The van der Waals surface area contributed by atoms with Crippen LogP contribution < -0.4 is 5.32 Å². The van der Waals surface area contributed by atoms with E-state index in [4.69, 9.17) is 0 Å². The van der Waals surface area contributed by atoms with Crippen LogP contribution in [0.1, 0.15) is 32.1 Å². The molecule has 0 aromatic rings. The number of likely N-dealkylation sites (N-methyl/N-ethyl adjacent to an activating group) is 1. The van der Waals surface area contributed by atoms with Crippen LogP contribution in [0.5, 0.6) is 0 Å². The van der Waals surface area contributed by atoms with E-state index in [1.807, 2.05) is 0 Å². The van der Waals surface area contributed by atoms with E-state index in [0.29, 0.717) is 0 Å². The predicted octanol–water partition coefficient (Wildman–Crippen LogP) is 1.16. The molecule has 3 nitrogen and oxygen atoms in total. The zero-order chi connectivity index (χ0) is 11.2. The first-order valence-corrected chi connectivity index (χ1v) is 6.99. The second-order valence-electron chi connectivity index (χ2n) is 5.43. The van der Waals surface area contributed by atoms with Crippen molar-refractivity contribution >= 4 is 0 Å². The maximum atomic E-state index is 3.65. The molecule has 0 spiro atoms. The summed E-state index contributed by atoms with van der Waals surface area (Å²) in [4.78, 5) is 5.08. The van der Waals surface area contributed by atoms with E-state index in [2.05, 4.69) is 22.2 Å². The van der Waals surface area contributed by atoms with Crippen molar-refractivity contribution in [3.8, 4) is 0 Å². The molecule has 0 atom stereocenters. The molecule has 94 valence electrons. The molecule has 1 heterocycles. The number of hydrogen-bond acceptors (Lipinski definition) is 3. The molecule has 1 saturated carbocycles. The minimum Gasteiger partial charge on any atom is -0.314 e. The summed E-state index contributed by atoms with van der Waals surface area (Å²) in [5.74, 6) is 0. The first kappa shape index (κ1) is 12.3. The largest absolute Gasteiger partial charge is 0.314 e. The second-order valence-corrected chi connectivity index (χ2v) is 5.43. The maximum Gasteiger partial charge on any atom is 0.0109 e. The fourth-order valence-electron chi connectivity index (χ4n) is 2.54. The lowest BCUT2D eigenvalue weighted by Gasteiger charge is -2.27. The molecule has 1 aliphatic heterocycles. The molecule has 16 heavy (non-hydrogen) atoms. The van der Waals surface area contributed by atoms with Crippen molar-refractivity contribution in [3.63, 3.8) is 0 Å². The SMILES string of the molecule is CN1CCCN(CCCNC2CCC2)CC1. The molecule has 0 unspecified atom stereocenters. The monoisotopic (exact) mass is 225 g/mol. The molecular formula is C13H27N3. The van der Waals surface area contributed by atoms with Crippen LogP contribution >= 0.6 is 0 Å². The number of rotatable bonds is 5. The lowest BCUT2D eigenvalue weighted by Crippen LogP contribution is -2.37. The van der Waals surface area contributed by atoms with Gasteiger partial charge in [0.1, 0.15) is 0 Å². The summed E-state index contributed by atoms with van der Waals surface area (Å²) in [6, 6.07) is 0.857. The highest BCUT2D eigenvalue weighted by Crippen LogP contribution is 2.17. The molecule has 2 fully saturated rings. The molecule has 0 radical (unpaired) electrons. The standard InChI is InChI=1S/C13H27N3/c1-15-8-4-10-16(12-11-15)9-3-7-14-13-5-2-6-13/h13-14H,2-12H2,1H3. The van der Waals surface area contributed by atoms with E-state index in [-0.39, 0.29) is 0 Å². The van der Waals surface area contributed by atoms with Gasteiger partial charge in [0.15, 0.2) is 0 Å². The summed E-state index contributed by atoms with van der Waals surface area (Å²) in [5.41, 5.74) is 0.